The molecule has 0 bridgehead atoms. The van der Waals surface area contributed by atoms with Crippen LogP contribution in [-0.4, -0.2) is 58.3 Å². The third kappa shape index (κ3) is 6.52. The Hall–Kier alpha value is -1.48. The van der Waals surface area contributed by atoms with E-state index in [0.717, 1.165) is 12.3 Å². The van der Waals surface area contributed by atoms with E-state index in [1.165, 1.54) is 11.8 Å². The number of ketones is 1. The molecule has 1 atom stereocenters. The van der Waals surface area contributed by atoms with Crippen LogP contribution in [0.15, 0.2) is 5.10 Å². The van der Waals surface area contributed by atoms with Crippen molar-refractivity contribution in [1.29, 1.82) is 0 Å². The van der Waals surface area contributed by atoms with Gasteiger partial charge in [-0.1, -0.05) is 25.6 Å². The molecule has 126 valence electrons. The molecule has 0 radical (unpaired) electrons. The Bertz CT molecular complexity index is 458. The predicted octanol–water partition coefficient (Wildman–Crippen LogP) is 0.725. The first-order chi connectivity index (χ1) is 9.81. The van der Waals surface area contributed by atoms with Gasteiger partial charge in [-0.2, -0.15) is 0 Å². The van der Waals surface area contributed by atoms with Crippen molar-refractivity contribution in [3.05, 3.63) is 0 Å². The summed E-state index contributed by atoms with van der Waals surface area (Å²) < 4.78 is 0. The molecule has 10 heteroatoms. The van der Waals surface area contributed by atoms with Crippen molar-refractivity contribution in [2.75, 3.05) is 19.3 Å². The summed E-state index contributed by atoms with van der Waals surface area (Å²) in [4.78, 5) is 36.3. The average molecular weight is 353 g/mol. The molecular formula is C12H21ClN4O4S. The van der Waals surface area contributed by atoms with Crippen molar-refractivity contribution in [2.45, 2.75) is 26.3 Å². The van der Waals surface area contributed by atoms with E-state index < -0.39 is 23.8 Å². The van der Waals surface area contributed by atoms with Crippen LogP contribution in [0.2, 0.25) is 0 Å². The molecule has 8 nitrogen and oxygen atoms in total. The van der Waals surface area contributed by atoms with Crippen LogP contribution < -0.4 is 10.7 Å². The van der Waals surface area contributed by atoms with Gasteiger partial charge in [0.25, 0.3) is 0 Å². The molecule has 1 heterocycles. The largest absolute Gasteiger partial charge is 0.465 e. The standard InChI is InChI=1S/C12H20N4O4S.ClH/c1-7(2)6-8(13-12(19)20)9(17)10(18)14-15-11-16(3)4-5-21-11;/h7-8,13H,4-6H2,1-3H3,(H,14,18)(H,19,20);1H/b15-11-;/t8-;/m0./s1. The zero-order chi connectivity index (χ0) is 16.0. The number of hydrogen-bond donors (Lipinski definition) is 3. The number of carbonyl (C=O) groups excluding carboxylic acids is 2. The van der Waals surface area contributed by atoms with E-state index in [2.05, 4.69) is 15.8 Å². The molecule has 0 aliphatic carbocycles. The van der Waals surface area contributed by atoms with Crippen LogP contribution in [0.4, 0.5) is 4.79 Å². The van der Waals surface area contributed by atoms with Crippen LogP contribution in [0.25, 0.3) is 0 Å². The third-order valence-corrected chi connectivity index (χ3v) is 3.83. The van der Waals surface area contributed by atoms with E-state index in [9.17, 15) is 14.4 Å². The van der Waals surface area contributed by atoms with E-state index in [1.807, 2.05) is 25.8 Å². The molecule has 22 heavy (non-hydrogen) atoms. The van der Waals surface area contributed by atoms with Crippen molar-refractivity contribution in [1.82, 2.24) is 15.6 Å². The number of hydrazone groups is 1. The Balaban J connectivity index is 0.00000441. The van der Waals surface area contributed by atoms with Crippen LogP contribution in [0.1, 0.15) is 20.3 Å². The normalized spacial score (nSPS) is 17.1. The van der Waals surface area contributed by atoms with Crippen LogP contribution in [0.3, 0.4) is 0 Å². The Kier molecular flexibility index (Phi) is 8.88. The van der Waals surface area contributed by atoms with Gasteiger partial charge in [-0.05, 0) is 12.3 Å². The van der Waals surface area contributed by atoms with Crippen LogP contribution in [0.5, 0.6) is 0 Å². The Morgan fingerprint density at radius 2 is 2.05 bits per heavy atom. The van der Waals surface area contributed by atoms with Gasteiger partial charge in [0.15, 0.2) is 5.17 Å². The average Bonchev–Trinajstić information content (AvgIpc) is 2.78. The zero-order valence-corrected chi connectivity index (χ0v) is 14.3. The minimum Gasteiger partial charge on any atom is -0.465 e. The van der Waals surface area contributed by atoms with Crippen LogP contribution in [0, 0.1) is 5.92 Å². The lowest BCUT2D eigenvalue weighted by atomic mass is 10.00. The molecule has 3 N–H and O–H groups in total. The predicted molar refractivity (Wildman–Crippen MR) is 87.3 cm³/mol. The van der Waals surface area contributed by atoms with Crippen molar-refractivity contribution < 1.29 is 19.5 Å². The number of amidine groups is 1. The summed E-state index contributed by atoms with van der Waals surface area (Å²) in [7, 11) is 1.83. The highest BCUT2D eigenvalue weighted by Gasteiger charge is 2.28. The van der Waals surface area contributed by atoms with E-state index in [-0.39, 0.29) is 24.7 Å². The Morgan fingerprint density at radius 3 is 2.50 bits per heavy atom. The highest BCUT2D eigenvalue weighted by Crippen LogP contribution is 2.14. The Morgan fingerprint density at radius 1 is 1.41 bits per heavy atom. The van der Waals surface area contributed by atoms with E-state index >= 15 is 0 Å². The maximum atomic E-state index is 12.0. The molecule has 1 rings (SSSR count). The quantitative estimate of drug-likeness (QED) is 0.480. The molecule has 1 aliphatic heterocycles. The molecule has 0 unspecified atom stereocenters. The number of carbonyl (C=O) groups is 3. The van der Waals surface area contributed by atoms with Gasteiger partial charge >= 0.3 is 12.0 Å². The molecule has 1 saturated heterocycles. The van der Waals surface area contributed by atoms with Crippen molar-refractivity contribution in [3.8, 4) is 0 Å². The van der Waals surface area contributed by atoms with Gasteiger partial charge in [0.05, 0.1) is 0 Å². The summed E-state index contributed by atoms with van der Waals surface area (Å²) in [6, 6.07) is -1.06. The van der Waals surface area contributed by atoms with Crippen LogP contribution in [-0.2, 0) is 9.59 Å². The number of amides is 2. The summed E-state index contributed by atoms with van der Waals surface area (Å²) in [5, 5.41) is 15.3. The minimum absolute atomic E-state index is 0. The van der Waals surface area contributed by atoms with Gasteiger partial charge in [0.1, 0.15) is 6.04 Å². The van der Waals surface area contributed by atoms with Gasteiger partial charge in [0.2, 0.25) is 5.78 Å². The first-order valence-electron chi connectivity index (χ1n) is 6.56. The fourth-order valence-corrected chi connectivity index (χ4v) is 2.73. The number of thioether (sulfide) groups is 1. The topological polar surface area (TPSA) is 111 Å². The van der Waals surface area contributed by atoms with Gasteiger partial charge in [-0.25, -0.2) is 10.2 Å². The molecular weight excluding hydrogens is 332 g/mol. The second-order valence-corrected chi connectivity index (χ2v) is 6.16. The minimum atomic E-state index is -1.33. The number of nitrogens with zero attached hydrogens (tertiary/aromatic N) is 2. The molecule has 0 aromatic rings. The fraction of sp³-hybridized carbons (Fsp3) is 0.667. The third-order valence-electron chi connectivity index (χ3n) is 2.78. The van der Waals surface area contributed by atoms with Crippen molar-refractivity contribution >= 4 is 47.1 Å². The monoisotopic (exact) mass is 352 g/mol. The first kappa shape index (κ1) is 20.5. The van der Waals surface area contributed by atoms with E-state index in [1.54, 1.807) is 0 Å². The molecule has 0 spiro atoms. The molecule has 1 fully saturated rings. The summed E-state index contributed by atoms with van der Waals surface area (Å²) in [6.07, 6.45) is -1.08. The van der Waals surface area contributed by atoms with Crippen molar-refractivity contribution in [3.63, 3.8) is 0 Å². The first-order valence-corrected chi connectivity index (χ1v) is 7.55. The number of rotatable bonds is 6. The smallest absolute Gasteiger partial charge is 0.405 e. The number of nitrogens with one attached hydrogen (secondary N) is 2. The summed E-state index contributed by atoms with van der Waals surface area (Å²) >= 11 is 1.47. The van der Waals surface area contributed by atoms with Gasteiger partial charge in [-0.3, -0.25) is 9.59 Å². The Labute approximate surface area is 139 Å². The zero-order valence-electron chi connectivity index (χ0n) is 12.7. The highest BCUT2D eigenvalue weighted by atomic mass is 35.5. The number of Topliss-reactive ketones (excluding diaryl/α,β-unsaturated/α-hetero) is 1. The summed E-state index contributed by atoms with van der Waals surface area (Å²) in [6.45, 7) is 4.50. The number of hydrogen-bond acceptors (Lipinski definition) is 5. The van der Waals surface area contributed by atoms with Gasteiger partial charge in [0, 0.05) is 19.3 Å². The van der Waals surface area contributed by atoms with E-state index in [0.29, 0.717) is 5.17 Å². The number of halogens is 1. The molecule has 0 aromatic heterocycles. The lowest BCUT2D eigenvalue weighted by molar-refractivity contribution is -0.139. The van der Waals surface area contributed by atoms with Crippen molar-refractivity contribution in [2.24, 2.45) is 11.0 Å². The second-order valence-electron chi connectivity index (χ2n) is 5.10. The van der Waals surface area contributed by atoms with Gasteiger partial charge in [-0.15, -0.1) is 17.5 Å². The molecule has 0 saturated carbocycles. The second kappa shape index (κ2) is 9.52. The molecule has 1 aliphatic rings. The fourth-order valence-electron chi connectivity index (χ4n) is 1.76. The maximum Gasteiger partial charge on any atom is 0.405 e. The van der Waals surface area contributed by atoms with Crippen LogP contribution >= 0.6 is 24.2 Å². The molecule has 2 amide bonds. The lowest BCUT2D eigenvalue weighted by Crippen LogP contribution is -2.47. The SMILES string of the molecule is CC(C)C[C@H](NC(=O)O)C(=O)C(=O)N/N=C1\SCCN1C.Cl. The summed E-state index contributed by atoms with van der Waals surface area (Å²) in [5.74, 6) is -0.805. The summed E-state index contributed by atoms with van der Waals surface area (Å²) in [5.41, 5.74) is 2.19. The number of carboxylic acid groups (broad SMARTS) is 1. The highest BCUT2D eigenvalue weighted by molar-refractivity contribution is 8.14. The van der Waals surface area contributed by atoms with Gasteiger partial charge < -0.3 is 15.3 Å². The maximum absolute atomic E-state index is 12.0. The molecule has 0 aromatic carbocycles. The lowest BCUT2D eigenvalue weighted by Gasteiger charge is -2.16. The van der Waals surface area contributed by atoms with E-state index in [4.69, 9.17) is 5.11 Å².